The van der Waals surface area contributed by atoms with Crippen molar-refractivity contribution in [2.75, 3.05) is 27.2 Å². The van der Waals surface area contributed by atoms with Crippen LogP contribution in [0.15, 0.2) is 21.9 Å². The Balaban J connectivity index is 2.12. The third-order valence-corrected chi connectivity index (χ3v) is 4.15. The largest absolute Gasteiger partial charge is 0.339 e. The molecule has 21 heavy (non-hydrogen) atoms. The van der Waals surface area contributed by atoms with Crippen LogP contribution < -0.4 is 11.2 Å². The molecule has 116 valence electrons. The second-order valence-electron chi connectivity index (χ2n) is 5.93. The van der Waals surface area contributed by atoms with E-state index >= 15 is 0 Å². The fraction of sp³-hybridized carbons (Fsp3) is 0.643. The van der Waals surface area contributed by atoms with Crippen LogP contribution in [-0.2, 0) is 18.4 Å². The van der Waals surface area contributed by atoms with E-state index in [1.807, 2.05) is 14.1 Å². The maximum absolute atomic E-state index is 12.3. The van der Waals surface area contributed by atoms with Crippen LogP contribution in [0.1, 0.15) is 6.92 Å². The Morgan fingerprint density at radius 1 is 1.33 bits per heavy atom. The van der Waals surface area contributed by atoms with E-state index in [0.29, 0.717) is 25.0 Å². The van der Waals surface area contributed by atoms with Gasteiger partial charge >= 0.3 is 5.69 Å². The third-order valence-electron chi connectivity index (χ3n) is 4.15. The van der Waals surface area contributed by atoms with Crippen LogP contribution in [0.4, 0.5) is 0 Å². The van der Waals surface area contributed by atoms with Crippen molar-refractivity contribution >= 4 is 5.91 Å². The zero-order valence-electron chi connectivity index (χ0n) is 12.9. The topological polar surface area (TPSA) is 67.5 Å². The lowest BCUT2D eigenvalue weighted by atomic mass is 10.1. The number of carbonyl (C=O) groups is 1. The molecular formula is C14H22N4O3. The average molecular weight is 294 g/mol. The van der Waals surface area contributed by atoms with Crippen LogP contribution in [0.2, 0.25) is 0 Å². The summed E-state index contributed by atoms with van der Waals surface area (Å²) in [6.07, 6.45) is 1.38. The highest BCUT2D eigenvalue weighted by Gasteiger charge is 2.33. The van der Waals surface area contributed by atoms with Gasteiger partial charge in [-0.3, -0.25) is 18.7 Å². The number of rotatable bonds is 3. The Bertz CT molecular complexity index is 646. The lowest BCUT2D eigenvalue weighted by Gasteiger charge is -2.22. The summed E-state index contributed by atoms with van der Waals surface area (Å²) in [6.45, 7) is 3.46. The van der Waals surface area contributed by atoms with E-state index in [1.165, 1.54) is 23.9 Å². The summed E-state index contributed by atoms with van der Waals surface area (Å²) in [5.41, 5.74) is -0.835. The van der Waals surface area contributed by atoms with E-state index in [2.05, 4.69) is 11.8 Å². The molecule has 1 aromatic rings. The van der Waals surface area contributed by atoms with Crippen molar-refractivity contribution in [3.63, 3.8) is 0 Å². The SMILES string of the molecule is C[C@@H]1CN(C(=O)Cn2ccc(=O)n(C)c2=O)C[C@H]1N(C)C. The number of aromatic nitrogens is 2. The smallest absolute Gasteiger partial charge is 0.331 e. The molecule has 1 aliphatic heterocycles. The molecule has 7 heteroatoms. The highest BCUT2D eigenvalue weighted by atomic mass is 16.2. The van der Waals surface area contributed by atoms with Crippen LogP contribution in [-0.4, -0.2) is 58.1 Å². The molecule has 0 aliphatic carbocycles. The van der Waals surface area contributed by atoms with Crippen molar-refractivity contribution in [3.8, 4) is 0 Å². The van der Waals surface area contributed by atoms with Gasteiger partial charge in [0.05, 0.1) is 0 Å². The van der Waals surface area contributed by atoms with Crippen molar-refractivity contribution < 1.29 is 4.79 Å². The van der Waals surface area contributed by atoms with Gasteiger partial charge in [0.25, 0.3) is 5.56 Å². The minimum atomic E-state index is -0.466. The second-order valence-corrected chi connectivity index (χ2v) is 5.93. The zero-order chi connectivity index (χ0) is 15.7. The van der Waals surface area contributed by atoms with Gasteiger partial charge in [-0.1, -0.05) is 6.92 Å². The molecule has 0 saturated carbocycles. The van der Waals surface area contributed by atoms with E-state index in [4.69, 9.17) is 0 Å². The first kappa shape index (κ1) is 15.5. The van der Waals surface area contributed by atoms with Gasteiger partial charge in [0.2, 0.25) is 5.91 Å². The lowest BCUT2D eigenvalue weighted by Crippen LogP contribution is -2.41. The van der Waals surface area contributed by atoms with Crippen LogP contribution in [0, 0.1) is 5.92 Å². The first-order valence-corrected chi connectivity index (χ1v) is 7.02. The van der Waals surface area contributed by atoms with Gasteiger partial charge in [-0.2, -0.15) is 0 Å². The Hall–Kier alpha value is -1.89. The van der Waals surface area contributed by atoms with Crippen molar-refractivity contribution in [1.29, 1.82) is 0 Å². The van der Waals surface area contributed by atoms with Crippen LogP contribution >= 0.6 is 0 Å². The van der Waals surface area contributed by atoms with Crippen LogP contribution in [0.25, 0.3) is 0 Å². The molecule has 0 spiro atoms. The molecule has 1 amide bonds. The molecule has 0 unspecified atom stereocenters. The van der Waals surface area contributed by atoms with Crippen molar-refractivity contribution in [2.24, 2.45) is 13.0 Å². The monoisotopic (exact) mass is 294 g/mol. The molecule has 1 aromatic heterocycles. The molecule has 0 bridgehead atoms. The summed E-state index contributed by atoms with van der Waals surface area (Å²) < 4.78 is 2.28. The minimum absolute atomic E-state index is 0.0280. The average Bonchev–Trinajstić information content (AvgIpc) is 2.82. The predicted molar refractivity (Wildman–Crippen MR) is 79.2 cm³/mol. The summed E-state index contributed by atoms with van der Waals surface area (Å²) >= 11 is 0. The number of likely N-dealkylation sites (N-methyl/N-ethyl adjacent to an activating group) is 1. The van der Waals surface area contributed by atoms with Crippen LogP contribution in [0.3, 0.4) is 0 Å². The van der Waals surface area contributed by atoms with E-state index < -0.39 is 5.69 Å². The number of carbonyl (C=O) groups excluding carboxylic acids is 1. The van der Waals surface area contributed by atoms with E-state index in [1.54, 1.807) is 4.90 Å². The van der Waals surface area contributed by atoms with Crippen molar-refractivity contribution in [2.45, 2.75) is 19.5 Å². The predicted octanol–water partition coefficient (Wildman–Crippen LogP) is -1.04. The zero-order valence-corrected chi connectivity index (χ0v) is 12.9. The molecule has 2 atom stereocenters. The molecule has 1 saturated heterocycles. The van der Waals surface area contributed by atoms with Crippen LogP contribution in [0.5, 0.6) is 0 Å². The highest BCUT2D eigenvalue weighted by molar-refractivity contribution is 5.76. The Kier molecular flexibility index (Phi) is 4.32. The summed E-state index contributed by atoms with van der Waals surface area (Å²) in [5.74, 6) is 0.313. The number of nitrogens with zero attached hydrogens (tertiary/aromatic N) is 4. The van der Waals surface area contributed by atoms with Gasteiger partial charge in [0.15, 0.2) is 0 Å². The normalized spacial score (nSPS) is 22.0. The Morgan fingerprint density at radius 3 is 2.57 bits per heavy atom. The summed E-state index contributed by atoms with van der Waals surface area (Å²) in [5, 5.41) is 0. The van der Waals surface area contributed by atoms with Crippen molar-refractivity contribution in [3.05, 3.63) is 33.1 Å². The minimum Gasteiger partial charge on any atom is -0.339 e. The Labute approximate surface area is 123 Å². The fourth-order valence-electron chi connectivity index (χ4n) is 2.81. The molecule has 2 rings (SSSR count). The molecule has 0 N–H and O–H groups in total. The van der Waals surface area contributed by atoms with Gasteiger partial charge in [-0.05, 0) is 20.0 Å². The number of amides is 1. The molecule has 0 aromatic carbocycles. The van der Waals surface area contributed by atoms with E-state index in [0.717, 1.165) is 4.57 Å². The van der Waals surface area contributed by atoms with Gasteiger partial charge in [0.1, 0.15) is 6.54 Å². The third kappa shape index (κ3) is 3.07. The number of likely N-dealkylation sites (tertiary alicyclic amines) is 1. The molecule has 1 fully saturated rings. The number of hydrogen-bond donors (Lipinski definition) is 0. The van der Waals surface area contributed by atoms with Gasteiger partial charge in [0, 0.05) is 38.4 Å². The van der Waals surface area contributed by atoms with Gasteiger partial charge in [-0.25, -0.2) is 4.79 Å². The maximum atomic E-state index is 12.3. The highest BCUT2D eigenvalue weighted by Crippen LogP contribution is 2.20. The molecule has 1 aliphatic rings. The van der Waals surface area contributed by atoms with Gasteiger partial charge in [-0.15, -0.1) is 0 Å². The standard InChI is InChI=1S/C14H22N4O3/c1-10-7-18(8-11(10)15(2)3)13(20)9-17-6-5-12(19)16(4)14(17)21/h5-6,10-11H,7-9H2,1-4H3/t10-,11-/m1/s1. The molecule has 2 heterocycles. The number of hydrogen-bond acceptors (Lipinski definition) is 4. The quantitative estimate of drug-likeness (QED) is 0.714. The first-order chi connectivity index (χ1) is 9.81. The molecule has 7 nitrogen and oxygen atoms in total. The Morgan fingerprint density at radius 2 is 2.00 bits per heavy atom. The van der Waals surface area contributed by atoms with Gasteiger partial charge < -0.3 is 9.80 Å². The summed E-state index contributed by atoms with van der Waals surface area (Å²) in [4.78, 5) is 39.5. The molecule has 0 radical (unpaired) electrons. The summed E-state index contributed by atoms with van der Waals surface area (Å²) in [6, 6.07) is 1.63. The maximum Gasteiger partial charge on any atom is 0.331 e. The first-order valence-electron chi connectivity index (χ1n) is 7.02. The summed E-state index contributed by atoms with van der Waals surface area (Å²) in [7, 11) is 5.42. The lowest BCUT2D eigenvalue weighted by molar-refractivity contribution is -0.131. The fourth-order valence-corrected chi connectivity index (χ4v) is 2.81. The van der Waals surface area contributed by atoms with Crippen molar-refractivity contribution in [1.82, 2.24) is 18.9 Å². The van der Waals surface area contributed by atoms with E-state index in [9.17, 15) is 14.4 Å². The second kappa shape index (κ2) is 5.85. The molecular weight excluding hydrogens is 272 g/mol. The van der Waals surface area contributed by atoms with E-state index in [-0.39, 0.29) is 18.0 Å².